The molecular formula is C15H23NO. The van der Waals surface area contributed by atoms with Crippen LogP contribution in [0.5, 0.6) is 0 Å². The highest BCUT2D eigenvalue weighted by Crippen LogP contribution is 2.20. The van der Waals surface area contributed by atoms with Crippen molar-refractivity contribution in [2.45, 2.75) is 31.7 Å². The molecule has 1 fully saturated rings. The normalized spacial score (nSPS) is 21.6. The second-order valence-corrected chi connectivity index (χ2v) is 4.98. The Bertz CT molecular complexity index is 306. The van der Waals surface area contributed by atoms with Crippen LogP contribution in [0.25, 0.3) is 0 Å². The molecule has 1 aromatic carbocycles. The first-order valence-corrected chi connectivity index (χ1v) is 6.67. The lowest BCUT2D eigenvalue weighted by Gasteiger charge is -2.19. The molecule has 1 N–H and O–H groups in total. The van der Waals surface area contributed by atoms with Crippen LogP contribution in [0.15, 0.2) is 30.3 Å². The largest absolute Gasteiger partial charge is 0.381 e. The first-order valence-electron chi connectivity index (χ1n) is 6.67. The van der Waals surface area contributed by atoms with E-state index in [1.807, 2.05) is 0 Å². The molecule has 94 valence electrons. The number of hydrogen-bond donors (Lipinski definition) is 1. The zero-order valence-electron chi connectivity index (χ0n) is 10.7. The number of nitrogens with one attached hydrogen (secondary N) is 1. The summed E-state index contributed by atoms with van der Waals surface area (Å²) in [5.74, 6) is 0.767. The van der Waals surface area contributed by atoms with E-state index >= 15 is 0 Å². The van der Waals surface area contributed by atoms with Gasteiger partial charge in [0.1, 0.15) is 0 Å². The third-order valence-corrected chi connectivity index (χ3v) is 3.67. The highest BCUT2D eigenvalue weighted by Gasteiger charge is 2.19. The van der Waals surface area contributed by atoms with E-state index in [2.05, 4.69) is 42.7 Å². The predicted octanol–water partition coefficient (Wildman–Crippen LogP) is 2.63. The molecule has 1 aliphatic heterocycles. The van der Waals surface area contributed by atoms with Gasteiger partial charge in [-0.1, -0.05) is 30.3 Å². The molecule has 2 nitrogen and oxygen atoms in total. The highest BCUT2D eigenvalue weighted by atomic mass is 16.5. The summed E-state index contributed by atoms with van der Waals surface area (Å²) in [6, 6.07) is 11.4. The predicted molar refractivity (Wildman–Crippen MR) is 71.2 cm³/mol. The number of hydrogen-bond acceptors (Lipinski definition) is 2. The second kappa shape index (κ2) is 6.77. The van der Waals surface area contributed by atoms with E-state index in [-0.39, 0.29) is 0 Å². The summed E-state index contributed by atoms with van der Waals surface area (Å²) in [6.07, 6.45) is 4.88. The van der Waals surface area contributed by atoms with E-state index in [1.54, 1.807) is 0 Å². The van der Waals surface area contributed by atoms with Crippen molar-refractivity contribution in [2.75, 3.05) is 20.3 Å². The van der Waals surface area contributed by atoms with E-state index in [1.165, 1.54) is 31.2 Å². The average Bonchev–Trinajstić information content (AvgIpc) is 2.88. The SMILES string of the molecule is CNC(CCc1ccccc1)CC1CCOC1. The van der Waals surface area contributed by atoms with Gasteiger partial charge in [0.15, 0.2) is 0 Å². The van der Waals surface area contributed by atoms with E-state index in [0.717, 1.165) is 19.1 Å². The minimum atomic E-state index is 0.627. The minimum absolute atomic E-state index is 0.627. The Kier molecular flexibility index (Phi) is 5.02. The van der Waals surface area contributed by atoms with Crippen molar-refractivity contribution < 1.29 is 4.74 Å². The van der Waals surface area contributed by atoms with Gasteiger partial charge in [0.2, 0.25) is 0 Å². The van der Waals surface area contributed by atoms with Crippen molar-refractivity contribution in [1.82, 2.24) is 5.32 Å². The average molecular weight is 233 g/mol. The summed E-state index contributed by atoms with van der Waals surface area (Å²) in [7, 11) is 2.07. The Labute approximate surface area is 104 Å². The maximum absolute atomic E-state index is 5.44. The van der Waals surface area contributed by atoms with Gasteiger partial charge in [0.05, 0.1) is 0 Å². The van der Waals surface area contributed by atoms with Crippen molar-refractivity contribution in [3.63, 3.8) is 0 Å². The van der Waals surface area contributed by atoms with Crippen LogP contribution in [0, 0.1) is 5.92 Å². The molecule has 0 saturated carbocycles. The Balaban J connectivity index is 1.75. The van der Waals surface area contributed by atoms with Crippen LogP contribution in [0.3, 0.4) is 0 Å². The zero-order valence-corrected chi connectivity index (χ0v) is 10.7. The van der Waals surface area contributed by atoms with Gasteiger partial charge in [0, 0.05) is 19.3 Å². The van der Waals surface area contributed by atoms with Gasteiger partial charge in [-0.3, -0.25) is 0 Å². The summed E-state index contributed by atoms with van der Waals surface area (Å²) in [5.41, 5.74) is 1.44. The fourth-order valence-electron chi connectivity index (χ4n) is 2.54. The standard InChI is InChI=1S/C15H23NO/c1-16-15(11-14-9-10-17-12-14)8-7-13-5-3-2-4-6-13/h2-6,14-16H,7-12H2,1H3. The molecule has 0 aliphatic carbocycles. The van der Waals surface area contributed by atoms with Crippen LogP contribution < -0.4 is 5.32 Å². The summed E-state index contributed by atoms with van der Waals surface area (Å²) >= 11 is 0. The third-order valence-electron chi connectivity index (χ3n) is 3.67. The van der Waals surface area contributed by atoms with Crippen molar-refractivity contribution in [2.24, 2.45) is 5.92 Å². The second-order valence-electron chi connectivity index (χ2n) is 4.98. The summed E-state index contributed by atoms with van der Waals surface area (Å²) in [6.45, 7) is 1.92. The van der Waals surface area contributed by atoms with Crippen molar-refractivity contribution in [3.8, 4) is 0 Å². The number of ether oxygens (including phenoxy) is 1. The van der Waals surface area contributed by atoms with Crippen LogP contribution in [0.1, 0.15) is 24.8 Å². The summed E-state index contributed by atoms with van der Waals surface area (Å²) < 4.78 is 5.44. The molecule has 0 aromatic heterocycles. The van der Waals surface area contributed by atoms with E-state index in [9.17, 15) is 0 Å². The van der Waals surface area contributed by atoms with E-state index < -0.39 is 0 Å². The number of benzene rings is 1. The minimum Gasteiger partial charge on any atom is -0.381 e. The van der Waals surface area contributed by atoms with E-state index in [0.29, 0.717) is 6.04 Å². The summed E-state index contributed by atoms with van der Waals surface area (Å²) in [5, 5.41) is 3.44. The lowest BCUT2D eigenvalue weighted by Crippen LogP contribution is -2.28. The highest BCUT2D eigenvalue weighted by molar-refractivity contribution is 5.14. The maximum Gasteiger partial charge on any atom is 0.0495 e. The fraction of sp³-hybridized carbons (Fsp3) is 0.600. The molecule has 0 radical (unpaired) electrons. The first-order chi connectivity index (χ1) is 8.38. The van der Waals surface area contributed by atoms with E-state index in [4.69, 9.17) is 4.74 Å². The molecule has 1 saturated heterocycles. The smallest absolute Gasteiger partial charge is 0.0495 e. The molecule has 0 spiro atoms. The van der Waals surface area contributed by atoms with Crippen LogP contribution >= 0.6 is 0 Å². The Hall–Kier alpha value is -0.860. The van der Waals surface area contributed by atoms with Crippen molar-refractivity contribution in [1.29, 1.82) is 0 Å². The first kappa shape index (κ1) is 12.6. The monoisotopic (exact) mass is 233 g/mol. The van der Waals surface area contributed by atoms with Gasteiger partial charge in [-0.05, 0) is 44.2 Å². The van der Waals surface area contributed by atoms with Gasteiger partial charge < -0.3 is 10.1 Å². The Morgan fingerprint density at radius 1 is 1.35 bits per heavy atom. The molecule has 2 unspecified atom stereocenters. The molecule has 1 aliphatic rings. The lowest BCUT2D eigenvalue weighted by atomic mass is 9.95. The fourth-order valence-corrected chi connectivity index (χ4v) is 2.54. The van der Waals surface area contributed by atoms with Crippen LogP contribution in [-0.2, 0) is 11.2 Å². The van der Waals surface area contributed by atoms with Gasteiger partial charge in [-0.15, -0.1) is 0 Å². The molecule has 1 heterocycles. The van der Waals surface area contributed by atoms with Crippen LogP contribution in [0.2, 0.25) is 0 Å². The van der Waals surface area contributed by atoms with Gasteiger partial charge >= 0.3 is 0 Å². The van der Waals surface area contributed by atoms with Crippen molar-refractivity contribution >= 4 is 0 Å². The number of aryl methyl sites for hydroxylation is 1. The molecule has 2 heteroatoms. The number of rotatable bonds is 6. The molecule has 0 bridgehead atoms. The van der Waals surface area contributed by atoms with Gasteiger partial charge in [0.25, 0.3) is 0 Å². The topological polar surface area (TPSA) is 21.3 Å². The van der Waals surface area contributed by atoms with Crippen LogP contribution in [0.4, 0.5) is 0 Å². The maximum atomic E-state index is 5.44. The third kappa shape index (κ3) is 4.14. The molecule has 2 rings (SSSR count). The quantitative estimate of drug-likeness (QED) is 0.815. The van der Waals surface area contributed by atoms with Gasteiger partial charge in [-0.2, -0.15) is 0 Å². The molecule has 17 heavy (non-hydrogen) atoms. The zero-order chi connectivity index (χ0) is 11.9. The van der Waals surface area contributed by atoms with Crippen LogP contribution in [-0.4, -0.2) is 26.3 Å². The van der Waals surface area contributed by atoms with Gasteiger partial charge in [-0.25, -0.2) is 0 Å². The Morgan fingerprint density at radius 3 is 2.82 bits per heavy atom. The molecule has 1 aromatic rings. The Morgan fingerprint density at radius 2 is 2.18 bits per heavy atom. The van der Waals surface area contributed by atoms with Crippen molar-refractivity contribution in [3.05, 3.63) is 35.9 Å². The molecule has 2 atom stereocenters. The summed E-state index contributed by atoms with van der Waals surface area (Å²) in [4.78, 5) is 0. The molecular weight excluding hydrogens is 210 g/mol. The molecule has 0 amide bonds. The lowest BCUT2D eigenvalue weighted by molar-refractivity contribution is 0.181.